The van der Waals surface area contributed by atoms with Crippen molar-refractivity contribution >= 4 is 38.4 Å². The van der Waals surface area contributed by atoms with Crippen LogP contribution >= 0.6 is 11.3 Å². The predicted molar refractivity (Wildman–Crippen MR) is 97.4 cm³/mol. The van der Waals surface area contributed by atoms with E-state index < -0.39 is 0 Å². The van der Waals surface area contributed by atoms with Gasteiger partial charge in [0.25, 0.3) is 0 Å². The maximum Gasteiger partial charge on any atom is 0.229 e. The molecule has 1 unspecified atom stereocenters. The first-order valence-corrected chi connectivity index (χ1v) is 9.03. The van der Waals surface area contributed by atoms with Crippen LogP contribution in [0, 0.1) is 11.7 Å². The van der Waals surface area contributed by atoms with Crippen molar-refractivity contribution < 1.29 is 9.18 Å². The minimum atomic E-state index is -0.314. The van der Waals surface area contributed by atoms with E-state index in [4.69, 9.17) is 0 Å². The van der Waals surface area contributed by atoms with Crippen molar-refractivity contribution in [2.75, 3.05) is 23.3 Å². The van der Waals surface area contributed by atoms with Crippen LogP contribution in [0.1, 0.15) is 12.8 Å². The van der Waals surface area contributed by atoms with E-state index in [1.807, 2.05) is 12.1 Å². The number of fused-ring (bicyclic) bond motifs is 1. The molecule has 0 radical (unpaired) electrons. The van der Waals surface area contributed by atoms with Crippen LogP contribution in [0.3, 0.4) is 0 Å². The van der Waals surface area contributed by atoms with E-state index in [1.54, 1.807) is 29.7 Å². The Labute approximate surface area is 148 Å². The first-order chi connectivity index (χ1) is 12.2. The molecule has 1 N–H and O–H groups in total. The zero-order valence-electron chi connectivity index (χ0n) is 13.5. The molecule has 25 heavy (non-hydrogen) atoms. The topological polar surface area (TPSA) is 58.1 Å². The summed E-state index contributed by atoms with van der Waals surface area (Å²) in [5.74, 6) is -0.458. The second-order valence-electron chi connectivity index (χ2n) is 6.11. The zero-order chi connectivity index (χ0) is 17.2. The predicted octanol–water partition coefficient (Wildman–Crippen LogP) is 3.69. The third-order valence-electron chi connectivity index (χ3n) is 4.33. The van der Waals surface area contributed by atoms with Crippen LogP contribution in [0.5, 0.6) is 0 Å². The number of pyridine rings is 1. The Hall–Kier alpha value is -2.54. The molecule has 2 aromatic heterocycles. The number of nitrogens with one attached hydrogen (secondary N) is 1. The number of hydrogen-bond donors (Lipinski definition) is 1. The number of thiazole rings is 1. The lowest BCUT2D eigenvalue weighted by Gasteiger charge is -2.31. The molecule has 0 bridgehead atoms. The first kappa shape index (κ1) is 16.0. The fourth-order valence-corrected chi connectivity index (χ4v) is 3.98. The summed E-state index contributed by atoms with van der Waals surface area (Å²) in [4.78, 5) is 24.6. The van der Waals surface area contributed by atoms with Crippen LogP contribution in [0.15, 0.2) is 42.6 Å². The van der Waals surface area contributed by atoms with Gasteiger partial charge in [-0.25, -0.2) is 14.4 Å². The lowest BCUT2D eigenvalue weighted by atomic mass is 9.97. The van der Waals surface area contributed by atoms with Gasteiger partial charge in [-0.3, -0.25) is 4.79 Å². The normalized spacial score (nSPS) is 17.6. The number of amides is 1. The van der Waals surface area contributed by atoms with Crippen molar-refractivity contribution in [3.8, 4) is 0 Å². The molecule has 1 aliphatic heterocycles. The standard InChI is InChI=1S/C18H17FN4OS/c19-13-5-7-14(8-6-13)21-16(24)12-3-2-10-23(11-12)18-22-15-4-1-9-20-17(15)25-18/h1,4-9,12H,2-3,10-11H2,(H,21,24). The molecule has 1 atom stereocenters. The highest BCUT2D eigenvalue weighted by Gasteiger charge is 2.27. The van der Waals surface area contributed by atoms with E-state index in [0.717, 1.165) is 34.9 Å². The highest BCUT2D eigenvalue weighted by Crippen LogP contribution is 2.30. The van der Waals surface area contributed by atoms with Crippen LogP contribution in [0.25, 0.3) is 10.3 Å². The van der Waals surface area contributed by atoms with Gasteiger partial charge >= 0.3 is 0 Å². The number of carbonyl (C=O) groups is 1. The highest BCUT2D eigenvalue weighted by molar-refractivity contribution is 7.21. The monoisotopic (exact) mass is 356 g/mol. The molecule has 1 amide bonds. The fraction of sp³-hybridized carbons (Fsp3) is 0.278. The summed E-state index contributed by atoms with van der Waals surface area (Å²) in [6.45, 7) is 1.52. The van der Waals surface area contributed by atoms with Gasteiger partial charge < -0.3 is 10.2 Å². The van der Waals surface area contributed by atoms with E-state index in [2.05, 4.69) is 20.2 Å². The number of rotatable bonds is 3. The molecule has 0 saturated carbocycles. The van der Waals surface area contributed by atoms with Crippen molar-refractivity contribution in [3.05, 3.63) is 48.4 Å². The molecule has 128 valence electrons. The van der Waals surface area contributed by atoms with Gasteiger partial charge in [-0.05, 0) is 49.2 Å². The van der Waals surface area contributed by atoms with Crippen molar-refractivity contribution in [2.45, 2.75) is 12.8 Å². The lowest BCUT2D eigenvalue weighted by Crippen LogP contribution is -2.40. The number of aromatic nitrogens is 2. The van der Waals surface area contributed by atoms with Gasteiger partial charge in [0.15, 0.2) is 5.13 Å². The quantitative estimate of drug-likeness (QED) is 0.778. The van der Waals surface area contributed by atoms with Gasteiger partial charge in [0, 0.05) is 25.0 Å². The van der Waals surface area contributed by atoms with Gasteiger partial charge in [0.2, 0.25) is 5.91 Å². The lowest BCUT2D eigenvalue weighted by molar-refractivity contribution is -0.120. The number of nitrogens with zero attached hydrogens (tertiary/aromatic N) is 3. The smallest absolute Gasteiger partial charge is 0.229 e. The van der Waals surface area contributed by atoms with Crippen molar-refractivity contribution in [1.82, 2.24) is 9.97 Å². The Kier molecular flexibility index (Phi) is 4.31. The van der Waals surface area contributed by atoms with E-state index in [9.17, 15) is 9.18 Å². The second kappa shape index (κ2) is 6.76. The Balaban J connectivity index is 1.46. The third-order valence-corrected chi connectivity index (χ3v) is 5.37. The van der Waals surface area contributed by atoms with Gasteiger partial charge in [-0.2, -0.15) is 0 Å². The maximum absolute atomic E-state index is 13.0. The first-order valence-electron chi connectivity index (χ1n) is 8.22. The van der Waals surface area contributed by atoms with Gasteiger partial charge in [-0.1, -0.05) is 11.3 Å². The molecule has 4 rings (SSSR count). The van der Waals surface area contributed by atoms with Gasteiger partial charge in [-0.15, -0.1) is 0 Å². The number of benzene rings is 1. The maximum atomic E-state index is 13.0. The van der Waals surface area contributed by atoms with Crippen molar-refractivity contribution in [3.63, 3.8) is 0 Å². The Morgan fingerprint density at radius 3 is 2.92 bits per heavy atom. The Bertz CT molecular complexity index is 862. The highest BCUT2D eigenvalue weighted by atomic mass is 32.1. The van der Waals surface area contributed by atoms with Crippen LogP contribution < -0.4 is 10.2 Å². The average molecular weight is 356 g/mol. The number of anilines is 2. The second-order valence-corrected chi connectivity index (χ2v) is 7.06. The van der Waals surface area contributed by atoms with Crippen molar-refractivity contribution in [2.24, 2.45) is 5.92 Å². The van der Waals surface area contributed by atoms with Gasteiger partial charge in [0.1, 0.15) is 16.2 Å². The molecular weight excluding hydrogens is 339 g/mol. The largest absolute Gasteiger partial charge is 0.347 e. The molecule has 0 spiro atoms. The molecule has 5 nitrogen and oxygen atoms in total. The number of carbonyl (C=O) groups excluding carboxylic acids is 1. The van der Waals surface area contributed by atoms with Crippen LogP contribution in [0.2, 0.25) is 0 Å². The zero-order valence-corrected chi connectivity index (χ0v) is 14.3. The van der Waals surface area contributed by atoms with Gasteiger partial charge in [0.05, 0.1) is 5.92 Å². The summed E-state index contributed by atoms with van der Waals surface area (Å²) >= 11 is 1.55. The number of hydrogen-bond acceptors (Lipinski definition) is 5. The average Bonchev–Trinajstić information content (AvgIpc) is 3.08. The fourth-order valence-electron chi connectivity index (χ4n) is 3.04. The summed E-state index contributed by atoms with van der Waals surface area (Å²) in [7, 11) is 0. The molecule has 3 heterocycles. The molecule has 7 heteroatoms. The Morgan fingerprint density at radius 2 is 2.12 bits per heavy atom. The summed E-state index contributed by atoms with van der Waals surface area (Å²) in [5, 5.41) is 3.79. The van der Waals surface area contributed by atoms with Crippen LogP contribution in [0.4, 0.5) is 15.2 Å². The van der Waals surface area contributed by atoms with Crippen LogP contribution in [-0.2, 0) is 4.79 Å². The van der Waals surface area contributed by atoms with Crippen LogP contribution in [-0.4, -0.2) is 29.0 Å². The molecule has 0 aliphatic carbocycles. The minimum Gasteiger partial charge on any atom is -0.347 e. The SMILES string of the molecule is O=C(Nc1ccc(F)cc1)C1CCCN(c2nc3cccnc3s2)C1. The molecule has 1 fully saturated rings. The summed E-state index contributed by atoms with van der Waals surface area (Å²) in [6, 6.07) is 9.67. The summed E-state index contributed by atoms with van der Waals surface area (Å²) < 4.78 is 13.0. The van der Waals surface area contributed by atoms with E-state index in [1.165, 1.54) is 12.1 Å². The van der Waals surface area contributed by atoms with E-state index in [-0.39, 0.29) is 17.6 Å². The number of piperidine rings is 1. The van der Waals surface area contributed by atoms with Crippen molar-refractivity contribution in [1.29, 1.82) is 0 Å². The molecule has 1 saturated heterocycles. The van der Waals surface area contributed by atoms with E-state index >= 15 is 0 Å². The summed E-state index contributed by atoms with van der Waals surface area (Å²) in [6.07, 6.45) is 3.54. The minimum absolute atomic E-state index is 0.0319. The molecule has 1 aliphatic rings. The molecular formula is C18H17FN4OS. The third kappa shape index (κ3) is 3.46. The number of halogens is 1. The molecule has 3 aromatic rings. The Morgan fingerprint density at radius 1 is 1.28 bits per heavy atom. The summed E-state index contributed by atoms with van der Waals surface area (Å²) in [5.41, 5.74) is 1.51. The van der Waals surface area contributed by atoms with E-state index in [0.29, 0.717) is 12.2 Å². The molecule has 1 aromatic carbocycles.